The van der Waals surface area contributed by atoms with E-state index in [-0.39, 0.29) is 11.9 Å². The Hall–Kier alpha value is -3.98. The van der Waals surface area contributed by atoms with Crippen molar-refractivity contribution in [3.63, 3.8) is 0 Å². The summed E-state index contributed by atoms with van der Waals surface area (Å²) in [5.74, 6) is 2.31. The number of benzene rings is 3. The second kappa shape index (κ2) is 8.91. The van der Waals surface area contributed by atoms with Crippen molar-refractivity contribution in [1.29, 1.82) is 0 Å². The van der Waals surface area contributed by atoms with E-state index in [0.29, 0.717) is 34.5 Å². The number of anilines is 1. The molecule has 0 bridgehead atoms. The molecule has 8 nitrogen and oxygen atoms in total. The monoisotopic (exact) mass is 501 g/mol. The lowest BCUT2D eigenvalue weighted by molar-refractivity contribution is 0.0982. The average molecular weight is 502 g/mol. The summed E-state index contributed by atoms with van der Waals surface area (Å²) in [7, 11) is 4.67. The Morgan fingerprint density at radius 1 is 0.917 bits per heavy atom. The van der Waals surface area contributed by atoms with E-state index in [0.717, 1.165) is 39.4 Å². The molecule has 0 N–H and O–H groups in total. The second-order valence-electron chi connectivity index (χ2n) is 8.52. The number of aromatic nitrogens is 2. The molecule has 1 fully saturated rings. The van der Waals surface area contributed by atoms with Gasteiger partial charge in [-0.05, 0) is 55.3 Å². The molecule has 2 heterocycles. The van der Waals surface area contributed by atoms with E-state index in [2.05, 4.69) is 10.1 Å². The van der Waals surface area contributed by atoms with Gasteiger partial charge in [-0.25, -0.2) is 0 Å². The smallest absolute Gasteiger partial charge is 0.259 e. The lowest BCUT2D eigenvalue weighted by atomic mass is 10.1. The molecule has 1 aliphatic carbocycles. The van der Waals surface area contributed by atoms with E-state index < -0.39 is 0 Å². The van der Waals surface area contributed by atoms with Crippen molar-refractivity contribution in [2.45, 2.75) is 28.7 Å². The third kappa shape index (κ3) is 3.76. The van der Waals surface area contributed by atoms with Crippen LogP contribution in [0, 0.1) is 0 Å². The summed E-state index contributed by atoms with van der Waals surface area (Å²) in [5.41, 5.74) is 3.09. The van der Waals surface area contributed by atoms with Gasteiger partial charge in [-0.15, -0.1) is 0 Å². The van der Waals surface area contributed by atoms with Crippen molar-refractivity contribution in [2.75, 3.05) is 26.2 Å². The van der Waals surface area contributed by atoms with Crippen LogP contribution in [0.5, 0.6) is 17.2 Å². The Bertz CT molecular complexity index is 1460. The highest BCUT2D eigenvalue weighted by atomic mass is 32.2. The maximum absolute atomic E-state index is 13.4. The molecule has 4 aromatic rings. The molecule has 0 spiro atoms. The Labute approximate surface area is 212 Å². The zero-order chi connectivity index (χ0) is 24.8. The van der Waals surface area contributed by atoms with E-state index in [1.165, 1.54) is 0 Å². The summed E-state index contributed by atoms with van der Waals surface area (Å²) in [6, 6.07) is 17.5. The number of rotatable bonds is 6. The summed E-state index contributed by atoms with van der Waals surface area (Å²) in [5, 5.41) is 4.23. The van der Waals surface area contributed by atoms with Gasteiger partial charge in [0.2, 0.25) is 11.6 Å². The van der Waals surface area contributed by atoms with Crippen molar-refractivity contribution in [3.8, 4) is 40.1 Å². The molecule has 0 radical (unpaired) electrons. The minimum atomic E-state index is 0.0522. The largest absolute Gasteiger partial charge is 0.493 e. The molecule has 9 heteroatoms. The highest BCUT2D eigenvalue weighted by Crippen LogP contribution is 2.46. The molecule has 1 aromatic heterocycles. The van der Waals surface area contributed by atoms with E-state index >= 15 is 0 Å². The van der Waals surface area contributed by atoms with Crippen molar-refractivity contribution >= 4 is 23.4 Å². The van der Waals surface area contributed by atoms with E-state index in [9.17, 15) is 4.79 Å². The first-order valence-corrected chi connectivity index (χ1v) is 12.3. The molecule has 1 saturated carbocycles. The van der Waals surface area contributed by atoms with Crippen LogP contribution in [-0.4, -0.2) is 43.4 Å². The highest BCUT2D eigenvalue weighted by molar-refractivity contribution is 7.99. The Morgan fingerprint density at radius 2 is 1.67 bits per heavy atom. The molecular formula is C27H23N3O5S. The summed E-state index contributed by atoms with van der Waals surface area (Å²) in [4.78, 5) is 21.9. The van der Waals surface area contributed by atoms with Crippen LogP contribution < -0.4 is 19.1 Å². The molecule has 1 aliphatic heterocycles. The van der Waals surface area contributed by atoms with Gasteiger partial charge in [0.1, 0.15) is 0 Å². The van der Waals surface area contributed by atoms with Crippen LogP contribution in [0.15, 0.2) is 68.9 Å². The number of amides is 1. The first kappa shape index (κ1) is 22.5. The highest BCUT2D eigenvalue weighted by Gasteiger charge is 2.38. The minimum absolute atomic E-state index is 0.0522. The number of fused-ring (bicyclic) bond motifs is 2. The molecule has 0 saturated heterocycles. The summed E-state index contributed by atoms with van der Waals surface area (Å²) >= 11 is 1.59. The minimum Gasteiger partial charge on any atom is -0.493 e. The standard InChI is InChI=1S/C27H23N3O5S/c1-32-20-12-16(13-21(33-2)24(20)34-3)26-28-25(29-35-26)15-8-11-19-23(14-15)36-22-7-5-4-6-18(22)27(31)30(19)17-9-10-17/h4-8,11-14,17H,9-10H2,1-3H3. The molecule has 0 unspecified atom stereocenters. The van der Waals surface area contributed by atoms with E-state index in [1.54, 1.807) is 45.2 Å². The van der Waals surface area contributed by atoms with Crippen molar-refractivity contribution in [3.05, 3.63) is 60.2 Å². The van der Waals surface area contributed by atoms with E-state index in [4.69, 9.17) is 18.7 Å². The molecule has 36 heavy (non-hydrogen) atoms. The lowest BCUT2D eigenvalue weighted by Crippen LogP contribution is -2.32. The zero-order valence-corrected chi connectivity index (χ0v) is 20.8. The normalized spacial score (nSPS) is 14.6. The van der Waals surface area contributed by atoms with Crippen LogP contribution in [-0.2, 0) is 0 Å². The quantitative estimate of drug-likeness (QED) is 0.332. The number of carbonyl (C=O) groups excluding carboxylic acids is 1. The summed E-state index contributed by atoms with van der Waals surface area (Å²) in [6.45, 7) is 0. The van der Waals surface area contributed by atoms with Gasteiger partial charge >= 0.3 is 0 Å². The number of methoxy groups -OCH3 is 3. The van der Waals surface area contributed by atoms with Crippen LogP contribution >= 0.6 is 11.8 Å². The third-order valence-electron chi connectivity index (χ3n) is 6.28. The van der Waals surface area contributed by atoms with Gasteiger partial charge in [0, 0.05) is 27.0 Å². The Kier molecular flexibility index (Phi) is 5.56. The predicted molar refractivity (Wildman–Crippen MR) is 135 cm³/mol. The maximum atomic E-state index is 13.4. The molecule has 2 aliphatic rings. The maximum Gasteiger partial charge on any atom is 0.259 e. The van der Waals surface area contributed by atoms with Gasteiger partial charge in [0.25, 0.3) is 11.8 Å². The molecule has 1 amide bonds. The average Bonchev–Trinajstić information content (AvgIpc) is 3.64. The summed E-state index contributed by atoms with van der Waals surface area (Å²) < 4.78 is 21.9. The van der Waals surface area contributed by atoms with Crippen LogP contribution in [0.25, 0.3) is 22.8 Å². The van der Waals surface area contributed by atoms with E-state index in [1.807, 2.05) is 47.4 Å². The predicted octanol–water partition coefficient (Wildman–Crippen LogP) is 5.70. The topological polar surface area (TPSA) is 86.9 Å². The molecule has 3 aromatic carbocycles. The lowest BCUT2D eigenvalue weighted by Gasteiger charge is -2.22. The SMILES string of the molecule is COc1cc(-c2nc(-c3ccc4c(c3)Sc3ccccc3C(=O)N4C3CC3)no2)cc(OC)c1OC. The molecule has 0 atom stereocenters. The van der Waals surface area contributed by atoms with Crippen LogP contribution in [0.2, 0.25) is 0 Å². The summed E-state index contributed by atoms with van der Waals surface area (Å²) in [6.07, 6.45) is 2.03. The van der Waals surface area contributed by atoms with Gasteiger partial charge in [-0.2, -0.15) is 4.98 Å². The van der Waals surface area contributed by atoms with Crippen molar-refractivity contribution in [2.24, 2.45) is 0 Å². The first-order valence-electron chi connectivity index (χ1n) is 11.5. The number of carbonyl (C=O) groups is 1. The van der Waals surface area contributed by atoms with Crippen LogP contribution in [0.1, 0.15) is 23.2 Å². The number of hydrogen-bond acceptors (Lipinski definition) is 8. The Morgan fingerprint density at radius 3 is 2.36 bits per heavy atom. The number of ether oxygens (including phenoxy) is 3. The Balaban J connectivity index is 1.39. The van der Waals surface area contributed by atoms with Gasteiger partial charge in [-0.3, -0.25) is 4.79 Å². The van der Waals surface area contributed by atoms with Crippen molar-refractivity contribution in [1.82, 2.24) is 10.1 Å². The van der Waals surface area contributed by atoms with Crippen molar-refractivity contribution < 1.29 is 23.5 Å². The fourth-order valence-electron chi connectivity index (χ4n) is 4.38. The first-order chi connectivity index (χ1) is 17.6. The van der Waals surface area contributed by atoms with Crippen LogP contribution in [0.4, 0.5) is 5.69 Å². The molecule has 6 rings (SSSR count). The van der Waals surface area contributed by atoms with Gasteiger partial charge < -0.3 is 23.6 Å². The van der Waals surface area contributed by atoms with Gasteiger partial charge in [0.15, 0.2) is 11.5 Å². The number of hydrogen-bond donors (Lipinski definition) is 0. The van der Waals surface area contributed by atoms with Gasteiger partial charge in [0.05, 0.1) is 32.6 Å². The fraction of sp³-hybridized carbons (Fsp3) is 0.222. The second-order valence-corrected chi connectivity index (χ2v) is 9.61. The third-order valence-corrected chi connectivity index (χ3v) is 7.41. The zero-order valence-electron chi connectivity index (χ0n) is 20.0. The molecular weight excluding hydrogens is 478 g/mol. The fourth-order valence-corrected chi connectivity index (χ4v) is 5.49. The number of nitrogens with zero attached hydrogens (tertiary/aromatic N) is 3. The van der Waals surface area contributed by atoms with Crippen LogP contribution in [0.3, 0.4) is 0 Å². The molecule has 182 valence electrons. The van der Waals surface area contributed by atoms with Gasteiger partial charge in [-0.1, -0.05) is 29.1 Å².